The molecule has 0 aliphatic carbocycles. The molecule has 1 fully saturated rings. The second-order valence-corrected chi connectivity index (χ2v) is 4.20. The van der Waals surface area contributed by atoms with E-state index in [0.29, 0.717) is 43.2 Å². The SMILES string of the molecule is O=[n+]1cc(N2CCOCC2)n([O-])c2ccccc21. The fourth-order valence-electron chi connectivity index (χ4n) is 2.18. The van der Waals surface area contributed by atoms with Crippen molar-refractivity contribution < 1.29 is 9.16 Å². The maximum absolute atomic E-state index is 12.3. The molecule has 1 saturated heterocycles. The van der Waals surface area contributed by atoms with Crippen LogP contribution in [0.15, 0.2) is 30.5 Å². The van der Waals surface area contributed by atoms with Gasteiger partial charge in [0.2, 0.25) is 0 Å². The number of benzene rings is 1. The highest BCUT2D eigenvalue weighted by atomic mass is 16.5. The largest absolute Gasteiger partial charge is 0.804 e. The lowest BCUT2D eigenvalue weighted by Crippen LogP contribution is -2.39. The van der Waals surface area contributed by atoms with E-state index in [1.807, 2.05) is 4.90 Å². The van der Waals surface area contributed by atoms with Gasteiger partial charge in [0, 0.05) is 24.1 Å². The summed E-state index contributed by atoms with van der Waals surface area (Å²) in [6, 6.07) is 6.78. The van der Waals surface area contributed by atoms with Crippen LogP contribution in [-0.2, 0) is 4.74 Å². The van der Waals surface area contributed by atoms with E-state index in [0.717, 1.165) is 9.16 Å². The van der Waals surface area contributed by atoms with Crippen LogP contribution in [0.3, 0.4) is 0 Å². The summed E-state index contributed by atoms with van der Waals surface area (Å²) >= 11 is 0. The zero-order valence-corrected chi connectivity index (χ0v) is 9.78. The molecule has 0 amide bonds. The molecular formula is C12H13N3O3. The van der Waals surface area contributed by atoms with Crippen molar-refractivity contribution in [1.29, 1.82) is 0 Å². The number of ether oxygens (including phenoxy) is 1. The minimum absolute atomic E-state index is 0.379. The molecule has 2 heterocycles. The van der Waals surface area contributed by atoms with Gasteiger partial charge in [-0.2, -0.15) is 0 Å². The van der Waals surface area contributed by atoms with E-state index >= 15 is 0 Å². The van der Waals surface area contributed by atoms with E-state index in [2.05, 4.69) is 0 Å². The van der Waals surface area contributed by atoms with Gasteiger partial charge in [-0.1, -0.05) is 12.1 Å². The first-order valence-electron chi connectivity index (χ1n) is 5.84. The third kappa shape index (κ3) is 1.70. The third-order valence-corrected chi connectivity index (χ3v) is 3.11. The van der Waals surface area contributed by atoms with Crippen molar-refractivity contribution in [1.82, 2.24) is 4.73 Å². The predicted octanol–water partition coefficient (Wildman–Crippen LogP) is 0.738. The Morgan fingerprint density at radius 2 is 1.94 bits per heavy atom. The van der Waals surface area contributed by atoms with Crippen molar-refractivity contribution in [3.8, 4) is 0 Å². The number of hydrogen-bond acceptors (Lipinski definition) is 4. The summed E-state index contributed by atoms with van der Waals surface area (Å²) in [5, 5.41) is 12.3. The van der Waals surface area contributed by atoms with E-state index in [1.165, 1.54) is 6.20 Å². The molecular weight excluding hydrogens is 234 g/mol. The van der Waals surface area contributed by atoms with Crippen LogP contribution in [0.5, 0.6) is 0 Å². The maximum atomic E-state index is 12.3. The first-order chi connectivity index (χ1) is 8.77. The molecule has 2 aromatic rings. The Morgan fingerprint density at radius 1 is 1.22 bits per heavy atom. The summed E-state index contributed by atoms with van der Waals surface area (Å²) in [7, 11) is 0. The summed E-state index contributed by atoms with van der Waals surface area (Å²) in [5.74, 6) is 0.381. The zero-order valence-electron chi connectivity index (χ0n) is 9.78. The van der Waals surface area contributed by atoms with Gasteiger partial charge in [-0.05, 0) is 6.07 Å². The molecule has 94 valence electrons. The minimum Gasteiger partial charge on any atom is -0.804 e. The molecule has 1 aromatic heterocycles. The number of aromatic nitrogens is 2. The number of para-hydroxylation sites is 2. The van der Waals surface area contributed by atoms with Gasteiger partial charge in [0.1, 0.15) is 5.52 Å². The topological polar surface area (TPSA) is 63.4 Å². The van der Waals surface area contributed by atoms with E-state index in [9.17, 15) is 10.1 Å². The quantitative estimate of drug-likeness (QED) is 0.697. The number of anilines is 1. The third-order valence-electron chi connectivity index (χ3n) is 3.11. The normalized spacial score (nSPS) is 16.1. The Labute approximate surface area is 103 Å². The van der Waals surface area contributed by atoms with Gasteiger partial charge in [-0.15, -0.1) is 0 Å². The number of hydrogen-bond donors (Lipinski definition) is 0. The van der Waals surface area contributed by atoms with Gasteiger partial charge in [0.15, 0.2) is 5.82 Å². The molecule has 0 unspecified atom stereocenters. The van der Waals surface area contributed by atoms with E-state index in [-0.39, 0.29) is 0 Å². The molecule has 6 heteroatoms. The molecule has 18 heavy (non-hydrogen) atoms. The van der Waals surface area contributed by atoms with Crippen molar-refractivity contribution in [2.45, 2.75) is 0 Å². The van der Waals surface area contributed by atoms with Crippen molar-refractivity contribution in [2.75, 3.05) is 31.2 Å². The van der Waals surface area contributed by atoms with Gasteiger partial charge in [0.25, 0.3) is 11.7 Å². The molecule has 1 aliphatic heterocycles. The highest BCUT2D eigenvalue weighted by molar-refractivity contribution is 5.73. The number of rotatable bonds is 1. The average Bonchev–Trinajstić information content (AvgIpc) is 2.44. The van der Waals surface area contributed by atoms with Crippen LogP contribution in [-0.4, -0.2) is 31.0 Å². The van der Waals surface area contributed by atoms with Crippen LogP contribution in [0.1, 0.15) is 0 Å². The van der Waals surface area contributed by atoms with Crippen molar-refractivity contribution in [3.63, 3.8) is 0 Å². The summed E-state index contributed by atoms with van der Waals surface area (Å²) in [6.07, 6.45) is 1.33. The van der Waals surface area contributed by atoms with Crippen LogP contribution in [0.4, 0.5) is 5.82 Å². The first kappa shape index (κ1) is 11.0. The lowest BCUT2D eigenvalue weighted by atomic mass is 10.3. The van der Waals surface area contributed by atoms with Crippen LogP contribution in [0.2, 0.25) is 0 Å². The van der Waals surface area contributed by atoms with E-state index < -0.39 is 0 Å². The highest BCUT2D eigenvalue weighted by Gasteiger charge is 2.18. The molecule has 1 aliphatic rings. The van der Waals surface area contributed by atoms with Crippen molar-refractivity contribution in [3.05, 3.63) is 40.6 Å². The van der Waals surface area contributed by atoms with Crippen molar-refractivity contribution in [2.24, 2.45) is 0 Å². The lowest BCUT2D eigenvalue weighted by Gasteiger charge is -2.31. The van der Waals surface area contributed by atoms with Crippen LogP contribution < -0.4 is 9.33 Å². The smallest absolute Gasteiger partial charge is 0.286 e. The molecule has 0 spiro atoms. The Bertz CT molecular complexity index is 632. The summed E-state index contributed by atoms with van der Waals surface area (Å²) in [5.41, 5.74) is 0.765. The fraction of sp³-hybridized carbons (Fsp3) is 0.333. The monoisotopic (exact) mass is 247 g/mol. The van der Waals surface area contributed by atoms with E-state index in [4.69, 9.17) is 4.74 Å². The number of morpholine rings is 1. The van der Waals surface area contributed by atoms with Gasteiger partial charge in [-0.3, -0.25) is 0 Å². The predicted molar refractivity (Wildman–Crippen MR) is 67.1 cm³/mol. The molecule has 0 radical (unpaired) electrons. The molecule has 0 saturated carbocycles. The van der Waals surface area contributed by atoms with Crippen LogP contribution >= 0.6 is 0 Å². The van der Waals surface area contributed by atoms with Gasteiger partial charge in [-0.25, -0.2) is 0 Å². The Balaban J connectivity index is 2.18. The molecule has 3 rings (SSSR count). The molecule has 0 atom stereocenters. The Kier molecular flexibility index (Phi) is 2.64. The molecule has 0 bridgehead atoms. The van der Waals surface area contributed by atoms with Crippen molar-refractivity contribution >= 4 is 16.9 Å². The molecule has 1 aromatic carbocycles. The maximum Gasteiger partial charge on any atom is 0.286 e. The second-order valence-electron chi connectivity index (χ2n) is 4.20. The van der Waals surface area contributed by atoms with Gasteiger partial charge >= 0.3 is 0 Å². The standard InChI is InChI=1S/C12H13N3O3/c16-14-9-12(13-5-7-18-8-6-13)15(17)11-4-2-1-3-10(11)14/h1-4,9H,5-8H2. The fourth-order valence-corrected chi connectivity index (χ4v) is 2.18. The van der Waals surface area contributed by atoms with E-state index in [1.54, 1.807) is 24.3 Å². The van der Waals surface area contributed by atoms with Gasteiger partial charge in [0.05, 0.1) is 17.6 Å². The number of fused-ring (bicyclic) bond motifs is 1. The summed E-state index contributed by atoms with van der Waals surface area (Å²) in [4.78, 5) is 13.8. The number of nitrogens with zero attached hydrogens (tertiary/aromatic N) is 3. The highest BCUT2D eigenvalue weighted by Crippen LogP contribution is 2.18. The first-order valence-corrected chi connectivity index (χ1v) is 5.84. The molecule has 0 N–H and O–H groups in total. The van der Waals surface area contributed by atoms with Gasteiger partial charge < -0.3 is 19.6 Å². The molecule has 6 nitrogen and oxygen atoms in total. The van der Waals surface area contributed by atoms with Crippen LogP contribution in [0.25, 0.3) is 11.0 Å². The average molecular weight is 247 g/mol. The zero-order chi connectivity index (χ0) is 12.5. The van der Waals surface area contributed by atoms with Crippen LogP contribution in [0, 0.1) is 10.1 Å². The Morgan fingerprint density at radius 3 is 2.72 bits per heavy atom. The Hall–Kier alpha value is -2.08. The summed E-state index contributed by atoms with van der Waals surface area (Å²) < 4.78 is 6.80. The summed E-state index contributed by atoms with van der Waals surface area (Å²) in [6.45, 7) is 2.40. The minimum atomic E-state index is 0.379. The second kappa shape index (κ2) is 4.30. The lowest BCUT2D eigenvalue weighted by molar-refractivity contribution is -0.463.